The lowest BCUT2D eigenvalue weighted by molar-refractivity contribution is 0.169. The molecule has 1 aliphatic rings. The largest absolute Gasteiger partial charge is 0.488 e. The van der Waals surface area contributed by atoms with Crippen LogP contribution in [0.25, 0.3) is 5.69 Å². The molecule has 0 atom stereocenters. The summed E-state index contributed by atoms with van der Waals surface area (Å²) in [5.41, 5.74) is 1.41. The van der Waals surface area contributed by atoms with E-state index in [2.05, 4.69) is 26.9 Å². The predicted octanol–water partition coefficient (Wildman–Crippen LogP) is 4.33. The molecule has 0 unspecified atom stereocenters. The van der Waals surface area contributed by atoms with Gasteiger partial charge in [-0.05, 0) is 30.2 Å². The van der Waals surface area contributed by atoms with Gasteiger partial charge in [0.15, 0.2) is 0 Å². The highest BCUT2D eigenvalue weighted by Gasteiger charge is 2.22. The molecule has 3 heterocycles. The minimum absolute atomic E-state index is 0.0117. The van der Waals surface area contributed by atoms with Crippen molar-refractivity contribution in [3.8, 4) is 11.4 Å². The quantitative estimate of drug-likeness (QED) is 0.545. The van der Waals surface area contributed by atoms with Crippen LogP contribution in [0.3, 0.4) is 0 Å². The van der Waals surface area contributed by atoms with Crippen LogP contribution < -0.4 is 15.2 Å². The lowest BCUT2D eigenvalue weighted by atomic mass is 10.1. The van der Waals surface area contributed by atoms with Crippen molar-refractivity contribution < 1.29 is 4.74 Å². The summed E-state index contributed by atoms with van der Waals surface area (Å²) < 4.78 is 7.28. The molecule has 0 N–H and O–H groups in total. The highest BCUT2D eigenvalue weighted by Crippen LogP contribution is 2.24. The van der Waals surface area contributed by atoms with Crippen LogP contribution in [0.15, 0.2) is 47.7 Å². The molecule has 0 saturated carbocycles. The van der Waals surface area contributed by atoms with Gasteiger partial charge in [0.1, 0.15) is 11.9 Å². The van der Waals surface area contributed by atoms with E-state index in [1.165, 1.54) is 10.7 Å². The summed E-state index contributed by atoms with van der Waals surface area (Å²) in [6.45, 7) is 3.74. The molecule has 9 heteroatoms. The number of hydrogen-bond donors (Lipinski definition) is 0. The number of hydrogen-bond acceptors (Lipinski definition) is 6. The van der Waals surface area contributed by atoms with E-state index in [1.807, 2.05) is 12.4 Å². The SMILES string of the molecule is CCCc1cnc(N2CCC(Oc3cnn(-c4ccc(Cl)c(Cl)c4)c(=O)c3)CC2)nc1. The number of anilines is 1. The Balaban J connectivity index is 1.36. The van der Waals surface area contributed by atoms with Gasteiger partial charge in [0.2, 0.25) is 5.95 Å². The maximum atomic E-state index is 12.5. The molecular weight excluding hydrogens is 437 g/mol. The summed E-state index contributed by atoms with van der Waals surface area (Å²) in [4.78, 5) is 23.7. The Kier molecular flexibility index (Phi) is 6.73. The maximum Gasteiger partial charge on any atom is 0.275 e. The Bertz CT molecular complexity index is 1100. The molecule has 0 aliphatic carbocycles. The highest BCUT2D eigenvalue weighted by atomic mass is 35.5. The van der Waals surface area contributed by atoms with Crippen LogP contribution in [0.2, 0.25) is 10.0 Å². The van der Waals surface area contributed by atoms with E-state index < -0.39 is 0 Å². The first-order valence-corrected chi connectivity index (χ1v) is 11.1. The lowest BCUT2D eigenvalue weighted by Crippen LogP contribution is -2.39. The standard InChI is InChI=1S/C22H23Cl2N5O2/c1-2-3-15-12-25-22(26-13-15)28-8-6-17(7-9-28)31-18-11-21(30)29(27-14-18)16-4-5-19(23)20(24)10-16/h4-5,10-14,17H,2-3,6-9H2,1H3. The molecule has 2 aromatic heterocycles. The minimum Gasteiger partial charge on any atom is -0.488 e. The topological polar surface area (TPSA) is 73.1 Å². The number of aryl methyl sites for hydroxylation is 1. The number of ether oxygens (including phenoxy) is 1. The minimum atomic E-state index is -0.297. The fraction of sp³-hybridized carbons (Fsp3) is 0.364. The molecule has 31 heavy (non-hydrogen) atoms. The van der Waals surface area contributed by atoms with Crippen molar-refractivity contribution in [2.24, 2.45) is 0 Å². The number of aromatic nitrogens is 4. The summed E-state index contributed by atoms with van der Waals surface area (Å²) in [5, 5.41) is 5.01. The summed E-state index contributed by atoms with van der Waals surface area (Å²) in [5.74, 6) is 1.21. The molecule has 162 valence electrons. The van der Waals surface area contributed by atoms with Crippen LogP contribution in [0.5, 0.6) is 5.75 Å². The third-order valence-corrected chi connectivity index (χ3v) is 5.92. The number of piperidine rings is 1. The molecule has 7 nitrogen and oxygen atoms in total. The van der Waals surface area contributed by atoms with Gasteiger partial charge < -0.3 is 9.64 Å². The zero-order chi connectivity index (χ0) is 21.8. The Morgan fingerprint density at radius 1 is 1.06 bits per heavy atom. The second kappa shape index (κ2) is 9.66. The first kappa shape index (κ1) is 21.6. The van der Waals surface area contributed by atoms with Crippen molar-refractivity contribution in [2.75, 3.05) is 18.0 Å². The Morgan fingerprint density at radius 3 is 2.45 bits per heavy atom. The number of halogens is 2. The molecule has 0 bridgehead atoms. The Morgan fingerprint density at radius 2 is 1.81 bits per heavy atom. The first-order valence-electron chi connectivity index (χ1n) is 10.3. The van der Waals surface area contributed by atoms with Crippen LogP contribution in [0.4, 0.5) is 5.95 Å². The number of benzene rings is 1. The van der Waals surface area contributed by atoms with Crippen LogP contribution in [0, 0.1) is 0 Å². The summed E-state index contributed by atoms with van der Waals surface area (Å²) in [6.07, 6.45) is 9.08. The molecule has 1 aromatic carbocycles. The molecule has 0 amide bonds. The molecule has 1 saturated heterocycles. The van der Waals surface area contributed by atoms with E-state index in [-0.39, 0.29) is 11.7 Å². The molecule has 1 aliphatic heterocycles. The van der Waals surface area contributed by atoms with Crippen LogP contribution in [0.1, 0.15) is 31.7 Å². The zero-order valence-corrected chi connectivity index (χ0v) is 18.7. The zero-order valence-electron chi connectivity index (χ0n) is 17.2. The van der Waals surface area contributed by atoms with Crippen LogP contribution in [-0.2, 0) is 6.42 Å². The third kappa shape index (κ3) is 5.17. The summed E-state index contributed by atoms with van der Waals surface area (Å²) in [6, 6.07) is 6.37. The molecule has 0 radical (unpaired) electrons. The monoisotopic (exact) mass is 459 g/mol. The van der Waals surface area contributed by atoms with Gasteiger partial charge in [-0.1, -0.05) is 36.5 Å². The summed E-state index contributed by atoms with van der Waals surface area (Å²) in [7, 11) is 0. The van der Waals surface area contributed by atoms with Crippen molar-refractivity contribution in [1.82, 2.24) is 19.7 Å². The van der Waals surface area contributed by atoms with E-state index in [4.69, 9.17) is 27.9 Å². The maximum absolute atomic E-state index is 12.5. The van der Waals surface area contributed by atoms with Crippen molar-refractivity contribution >= 4 is 29.2 Å². The second-order valence-electron chi connectivity index (χ2n) is 7.49. The second-order valence-corrected chi connectivity index (χ2v) is 8.30. The van der Waals surface area contributed by atoms with Gasteiger partial charge in [-0.2, -0.15) is 9.78 Å². The van der Waals surface area contributed by atoms with Gasteiger partial charge in [-0.25, -0.2) is 9.97 Å². The van der Waals surface area contributed by atoms with Crippen LogP contribution >= 0.6 is 23.2 Å². The van der Waals surface area contributed by atoms with Crippen molar-refractivity contribution in [2.45, 2.75) is 38.7 Å². The molecule has 0 spiro atoms. The van der Waals surface area contributed by atoms with Gasteiger partial charge in [0.25, 0.3) is 5.56 Å². The molecule has 4 rings (SSSR count). The van der Waals surface area contributed by atoms with Crippen molar-refractivity contribution in [3.05, 3.63) is 68.8 Å². The van der Waals surface area contributed by atoms with Crippen LogP contribution in [-0.4, -0.2) is 38.9 Å². The number of nitrogens with zero attached hydrogens (tertiary/aromatic N) is 5. The average molecular weight is 460 g/mol. The van der Waals surface area contributed by atoms with Crippen molar-refractivity contribution in [1.29, 1.82) is 0 Å². The summed E-state index contributed by atoms with van der Waals surface area (Å²) >= 11 is 12.0. The Hall–Kier alpha value is -2.64. The van der Waals surface area contributed by atoms with Gasteiger partial charge in [0, 0.05) is 44.4 Å². The first-order chi connectivity index (χ1) is 15.0. The average Bonchev–Trinajstić information content (AvgIpc) is 2.77. The van der Waals surface area contributed by atoms with Gasteiger partial charge >= 0.3 is 0 Å². The Labute approximate surface area is 190 Å². The van der Waals surface area contributed by atoms with E-state index >= 15 is 0 Å². The lowest BCUT2D eigenvalue weighted by Gasteiger charge is -2.32. The van der Waals surface area contributed by atoms with E-state index in [9.17, 15) is 4.79 Å². The number of rotatable bonds is 6. The van der Waals surface area contributed by atoms with Gasteiger partial charge in [-0.15, -0.1) is 0 Å². The van der Waals surface area contributed by atoms with E-state index in [0.717, 1.165) is 50.3 Å². The van der Waals surface area contributed by atoms with E-state index in [1.54, 1.807) is 24.4 Å². The predicted molar refractivity (Wildman–Crippen MR) is 122 cm³/mol. The fourth-order valence-electron chi connectivity index (χ4n) is 3.56. The smallest absolute Gasteiger partial charge is 0.275 e. The molecule has 1 fully saturated rings. The normalized spacial score (nSPS) is 14.6. The molecule has 3 aromatic rings. The van der Waals surface area contributed by atoms with Gasteiger partial charge in [-0.3, -0.25) is 4.79 Å². The van der Waals surface area contributed by atoms with Gasteiger partial charge in [0.05, 0.1) is 21.9 Å². The highest BCUT2D eigenvalue weighted by molar-refractivity contribution is 6.42. The van der Waals surface area contributed by atoms with Crippen molar-refractivity contribution in [3.63, 3.8) is 0 Å². The molecular formula is C22H23Cl2N5O2. The fourth-order valence-corrected chi connectivity index (χ4v) is 3.85. The van der Waals surface area contributed by atoms with E-state index in [0.29, 0.717) is 21.5 Å². The third-order valence-electron chi connectivity index (χ3n) is 5.18.